The Morgan fingerprint density at radius 3 is 2.71 bits per heavy atom. The van der Waals surface area contributed by atoms with E-state index in [4.69, 9.17) is 9.47 Å². The summed E-state index contributed by atoms with van der Waals surface area (Å²) < 4.78 is 10.9. The molecule has 2 rings (SSSR count). The molecular weight excluding hydrogens is 324 g/mol. The second kappa shape index (κ2) is 7.53. The monoisotopic (exact) mass is 342 g/mol. The van der Waals surface area contributed by atoms with Crippen LogP contribution in [0.4, 0.5) is 5.69 Å². The molecule has 1 fully saturated rings. The number of amides is 1. The van der Waals surface area contributed by atoms with Gasteiger partial charge in [-0.15, -0.1) is 0 Å². The molecule has 10 heteroatoms. The Morgan fingerprint density at radius 1 is 1.42 bits per heavy atom. The molecule has 1 aromatic rings. The van der Waals surface area contributed by atoms with Gasteiger partial charge in [0.25, 0.3) is 5.69 Å². The lowest BCUT2D eigenvalue weighted by molar-refractivity contribution is -0.385. The number of nitro benzene ring substituents is 1. The van der Waals surface area contributed by atoms with Crippen LogP contribution in [0.1, 0.15) is 6.92 Å². The Morgan fingerprint density at radius 2 is 2.12 bits per heavy atom. The van der Waals surface area contributed by atoms with E-state index in [0.717, 1.165) is 6.07 Å². The van der Waals surface area contributed by atoms with Crippen molar-refractivity contribution in [2.24, 2.45) is 0 Å². The predicted molar refractivity (Wildman–Crippen MR) is 79.1 cm³/mol. The third kappa shape index (κ3) is 3.97. The van der Waals surface area contributed by atoms with Gasteiger partial charge in [0.05, 0.1) is 17.6 Å². The Labute approximate surface area is 136 Å². The second-order valence-corrected chi connectivity index (χ2v) is 5.31. The van der Waals surface area contributed by atoms with Gasteiger partial charge in [0.1, 0.15) is 30.1 Å². The first-order valence-corrected chi connectivity index (χ1v) is 7.14. The van der Waals surface area contributed by atoms with E-state index in [1.165, 1.54) is 25.1 Å². The van der Waals surface area contributed by atoms with Gasteiger partial charge in [-0.25, -0.2) is 0 Å². The van der Waals surface area contributed by atoms with Crippen molar-refractivity contribution < 1.29 is 34.5 Å². The lowest BCUT2D eigenvalue weighted by Gasteiger charge is -2.42. The van der Waals surface area contributed by atoms with Gasteiger partial charge >= 0.3 is 0 Å². The molecule has 5 atom stereocenters. The average Bonchev–Trinajstić information content (AvgIpc) is 2.54. The first-order valence-electron chi connectivity index (χ1n) is 7.14. The standard InChI is InChI=1S/C14H18N2O8/c1-7(18)15-11-13(20)12(19)10(6-17)24-14(11)23-9-4-2-3-8(5-9)16(21)22/h2-5,10-14,17,19-20H,6H2,1H3,(H,15,18). The van der Waals surface area contributed by atoms with Crippen LogP contribution in [0.5, 0.6) is 5.75 Å². The fourth-order valence-electron chi connectivity index (χ4n) is 2.38. The largest absolute Gasteiger partial charge is 0.462 e. The van der Waals surface area contributed by atoms with Gasteiger partial charge in [-0.3, -0.25) is 14.9 Å². The van der Waals surface area contributed by atoms with Gasteiger partial charge in [-0.05, 0) is 6.07 Å². The third-order valence-corrected chi connectivity index (χ3v) is 3.53. The summed E-state index contributed by atoms with van der Waals surface area (Å²) in [5, 5.41) is 42.4. The van der Waals surface area contributed by atoms with Gasteiger partial charge in [0.15, 0.2) is 0 Å². The molecule has 5 unspecified atom stereocenters. The number of nitro groups is 1. The number of rotatable bonds is 5. The molecule has 1 aliphatic rings. The molecule has 24 heavy (non-hydrogen) atoms. The molecule has 4 N–H and O–H groups in total. The van der Waals surface area contributed by atoms with Crippen LogP contribution in [-0.4, -0.2) is 63.4 Å². The maximum Gasteiger partial charge on any atom is 0.273 e. The molecule has 0 bridgehead atoms. The van der Waals surface area contributed by atoms with Crippen molar-refractivity contribution >= 4 is 11.6 Å². The maximum absolute atomic E-state index is 11.3. The van der Waals surface area contributed by atoms with Crippen molar-refractivity contribution in [3.8, 4) is 5.75 Å². The number of hydrogen-bond donors (Lipinski definition) is 4. The van der Waals surface area contributed by atoms with Gasteiger partial charge in [0.2, 0.25) is 12.2 Å². The van der Waals surface area contributed by atoms with Crippen LogP contribution in [0, 0.1) is 10.1 Å². The van der Waals surface area contributed by atoms with Crippen LogP contribution in [0.3, 0.4) is 0 Å². The molecule has 1 aliphatic heterocycles. The molecule has 1 amide bonds. The molecule has 0 aromatic heterocycles. The van der Waals surface area contributed by atoms with E-state index in [-0.39, 0.29) is 11.4 Å². The van der Waals surface area contributed by atoms with Crippen LogP contribution in [0.2, 0.25) is 0 Å². The van der Waals surface area contributed by atoms with E-state index in [9.17, 15) is 30.2 Å². The Kier molecular flexibility index (Phi) is 5.67. The van der Waals surface area contributed by atoms with Crippen LogP contribution >= 0.6 is 0 Å². The van der Waals surface area contributed by atoms with Crippen molar-refractivity contribution in [3.63, 3.8) is 0 Å². The highest BCUT2D eigenvalue weighted by Crippen LogP contribution is 2.26. The maximum atomic E-state index is 11.3. The SMILES string of the molecule is CC(=O)NC1C(Oc2cccc([N+](=O)[O-])c2)OC(CO)C(O)C1O. The number of non-ortho nitro benzene ring substituents is 1. The fraction of sp³-hybridized carbons (Fsp3) is 0.500. The van der Waals surface area contributed by atoms with Crippen LogP contribution < -0.4 is 10.1 Å². The van der Waals surface area contributed by atoms with E-state index in [2.05, 4.69) is 5.32 Å². The highest BCUT2D eigenvalue weighted by molar-refractivity contribution is 5.73. The third-order valence-electron chi connectivity index (χ3n) is 3.53. The van der Waals surface area contributed by atoms with Gasteiger partial charge < -0.3 is 30.1 Å². The summed E-state index contributed by atoms with van der Waals surface area (Å²) in [6, 6.07) is 4.14. The average molecular weight is 342 g/mol. The van der Waals surface area contributed by atoms with Gasteiger partial charge in [0, 0.05) is 13.0 Å². The minimum atomic E-state index is -1.46. The van der Waals surface area contributed by atoms with Crippen molar-refractivity contribution in [2.45, 2.75) is 37.6 Å². The highest BCUT2D eigenvalue weighted by atomic mass is 16.7. The Hall–Kier alpha value is -2.27. The minimum absolute atomic E-state index is 0.0739. The fourth-order valence-corrected chi connectivity index (χ4v) is 2.38. The lowest BCUT2D eigenvalue weighted by Crippen LogP contribution is -2.65. The van der Waals surface area contributed by atoms with Crippen LogP contribution in [0.15, 0.2) is 24.3 Å². The Balaban J connectivity index is 2.24. The van der Waals surface area contributed by atoms with Crippen molar-refractivity contribution in [3.05, 3.63) is 34.4 Å². The summed E-state index contributed by atoms with van der Waals surface area (Å²) >= 11 is 0. The normalized spacial score (nSPS) is 29.8. The quantitative estimate of drug-likeness (QED) is 0.389. The molecule has 10 nitrogen and oxygen atoms in total. The van der Waals surface area contributed by atoms with Crippen molar-refractivity contribution in [1.29, 1.82) is 0 Å². The number of aliphatic hydroxyl groups is 3. The number of benzene rings is 1. The minimum Gasteiger partial charge on any atom is -0.462 e. The molecular formula is C14H18N2O8. The predicted octanol–water partition coefficient (Wildman–Crippen LogP) is -1.08. The van der Waals surface area contributed by atoms with E-state index >= 15 is 0 Å². The zero-order chi connectivity index (χ0) is 17.9. The number of carbonyl (C=O) groups is 1. The zero-order valence-corrected chi connectivity index (χ0v) is 12.7. The molecule has 0 saturated carbocycles. The molecule has 0 spiro atoms. The van der Waals surface area contributed by atoms with Crippen LogP contribution in [0.25, 0.3) is 0 Å². The molecule has 0 radical (unpaired) electrons. The molecule has 132 valence electrons. The molecule has 1 aromatic carbocycles. The van der Waals surface area contributed by atoms with Crippen molar-refractivity contribution in [1.82, 2.24) is 5.32 Å². The molecule has 1 saturated heterocycles. The van der Waals surface area contributed by atoms with E-state index in [0.29, 0.717) is 0 Å². The Bertz CT molecular complexity index is 610. The topological polar surface area (TPSA) is 151 Å². The van der Waals surface area contributed by atoms with Gasteiger partial charge in [-0.1, -0.05) is 6.07 Å². The highest BCUT2D eigenvalue weighted by Gasteiger charge is 2.46. The number of nitrogens with one attached hydrogen (secondary N) is 1. The molecule has 0 aliphatic carbocycles. The first-order chi connectivity index (χ1) is 11.3. The van der Waals surface area contributed by atoms with Gasteiger partial charge in [-0.2, -0.15) is 0 Å². The zero-order valence-electron chi connectivity index (χ0n) is 12.7. The summed E-state index contributed by atoms with van der Waals surface area (Å²) in [7, 11) is 0. The van der Waals surface area contributed by atoms with E-state index < -0.39 is 48.1 Å². The summed E-state index contributed by atoms with van der Waals surface area (Å²) in [5.41, 5.74) is -0.210. The number of nitrogens with zero attached hydrogens (tertiary/aromatic N) is 1. The smallest absolute Gasteiger partial charge is 0.273 e. The van der Waals surface area contributed by atoms with E-state index in [1.807, 2.05) is 0 Å². The number of carbonyl (C=O) groups excluding carboxylic acids is 1. The number of ether oxygens (including phenoxy) is 2. The lowest BCUT2D eigenvalue weighted by atomic mass is 9.97. The summed E-state index contributed by atoms with van der Waals surface area (Å²) in [5.74, 6) is -0.422. The van der Waals surface area contributed by atoms with Crippen molar-refractivity contribution in [2.75, 3.05) is 6.61 Å². The van der Waals surface area contributed by atoms with E-state index in [1.54, 1.807) is 0 Å². The summed E-state index contributed by atoms with van der Waals surface area (Å²) in [6.07, 6.45) is -5.28. The first kappa shape index (κ1) is 18.1. The number of aliphatic hydroxyl groups excluding tert-OH is 3. The summed E-state index contributed by atoms with van der Waals surface area (Å²) in [6.45, 7) is 0.626. The second-order valence-electron chi connectivity index (χ2n) is 5.31. The summed E-state index contributed by atoms with van der Waals surface area (Å²) in [4.78, 5) is 21.5. The number of hydrogen-bond acceptors (Lipinski definition) is 8. The van der Waals surface area contributed by atoms with Crippen LogP contribution in [-0.2, 0) is 9.53 Å². The molecule has 1 heterocycles.